The van der Waals surface area contributed by atoms with Crippen molar-refractivity contribution in [2.24, 2.45) is 0 Å². The third-order valence-corrected chi connectivity index (χ3v) is 0.763. The van der Waals surface area contributed by atoms with Crippen LogP contribution >= 0.6 is 15.6 Å². The summed E-state index contributed by atoms with van der Waals surface area (Å²) < 4.78 is 17.1. The summed E-state index contributed by atoms with van der Waals surface area (Å²) in [7, 11) is -6.79. The first-order valence-electron chi connectivity index (χ1n) is 3.99. The Morgan fingerprint density at radius 3 is 1.16 bits per heavy atom. The number of aliphatic hydroxyl groups excluding tert-OH is 1. The fourth-order valence-corrected chi connectivity index (χ4v) is 0.387. The van der Waals surface area contributed by atoms with Gasteiger partial charge >= 0.3 is 59.1 Å². The number of hydrogen-bond donors (Lipinski definition) is 1. The molecule has 19 heavy (non-hydrogen) atoms. The van der Waals surface area contributed by atoms with E-state index in [2.05, 4.69) is 4.90 Å². The Balaban J connectivity index is -0.0000000500. The molecule has 10 nitrogen and oxygen atoms in total. The minimum atomic E-state index is -5.39. The minimum Gasteiger partial charge on any atom is -0.822 e. The zero-order chi connectivity index (χ0) is 14.7. The van der Waals surface area contributed by atoms with Crippen molar-refractivity contribution in [2.75, 3.05) is 27.2 Å². The molecule has 0 aromatic carbocycles. The number of phosphoric acid groups is 2. The van der Waals surface area contributed by atoms with E-state index in [1.54, 1.807) is 0 Å². The second kappa shape index (κ2) is 18.2. The standard InChI is InChI=1S/C5H13NO.2Na.2H3O4P/c1-6(2)4-3-5-7;;;2*1-5(2,3)4/h7H,3-5H2,1-2H3;;;2*(H3,1,2,3,4)/q;2*+1;;/p-6. The molecule has 108 valence electrons. The fourth-order valence-electron chi connectivity index (χ4n) is 0.387. The number of aliphatic hydroxyl groups is 1. The predicted octanol–water partition coefficient (Wildman–Crippen LogP) is -11.7. The molecule has 0 atom stereocenters. The maximum atomic E-state index is 8.55. The molecule has 0 radical (unpaired) electrons. The van der Waals surface area contributed by atoms with Crippen molar-refractivity contribution in [3.63, 3.8) is 0 Å². The van der Waals surface area contributed by atoms with Crippen molar-refractivity contribution in [3.8, 4) is 0 Å². The van der Waals surface area contributed by atoms with Crippen LogP contribution in [0.5, 0.6) is 0 Å². The van der Waals surface area contributed by atoms with Gasteiger partial charge in [-0.1, -0.05) is 0 Å². The summed E-state index contributed by atoms with van der Waals surface area (Å²) in [5, 5.41) is 8.29. The Morgan fingerprint density at radius 1 is 0.895 bits per heavy atom. The molecule has 0 amide bonds. The number of rotatable bonds is 3. The van der Waals surface area contributed by atoms with Gasteiger partial charge in [-0.25, -0.2) is 0 Å². The first kappa shape index (κ1) is 32.9. The molecule has 0 saturated carbocycles. The van der Waals surface area contributed by atoms with Gasteiger partial charge in [-0.2, -0.15) is 15.6 Å². The Labute approximate surface area is 155 Å². The molecule has 0 aromatic heterocycles. The van der Waals surface area contributed by atoms with Crippen molar-refractivity contribution in [1.82, 2.24) is 4.90 Å². The first-order valence-corrected chi connectivity index (χ1v) is 6.91. The second-order valence-corrected chi connectivity index (χ2v) is 4.56. The quantitative estimate of drug-likeness (QED) is 0.380. The third kappa shape index (κ3) is 176. The summed E-state index contributed by atoms with van der Waals surface area (Å²) in [4.78, 5) is 53.3. The molecule has 0 spiro atoms. The van der Waals surface area contributed by atoms with Crippen molar-refractivity contribution in [2.45, 2.75) is 6.42 Å². The van der Waals surface area contributed by atoms with E-state index in [9.17, 15) is 0 Å². The molecule has 0 rings (SSSR count). The monoisotopic (exact) mass is 339 g/mol. The predicted molar refractivity (Wildman–Crippen MR) is 45.5 cm³/mol. The van der Waals surface area contributed by atoms with E-state index < -0.39 is 15.6 Å². The minimum absolute atomic E-state index is 0. The van der Waals surface area contributed by atoms with Gasteiger partial charge in [-0.15, -0.1) is 0 Å². The van der Waals surface area contributed by atoms with Gasteiger partial charge in [0.1, 0.15) is 0 Å². The van der Waals surface area contributed by atoms with E-state index in [0.717, 1.165) is 13.0 Å². The van der Waals surface area contributed by atoms with Gasteiger partial charge in [0.15, 0.2) is 0 Å². The van der Waals surface area contributed by atoms with E-state index in [4.69, 9.17) is 43.6 Å². The second-order valence-electron chi connectivity index (χ2n) is 2.77. The van der Waals surface area contributed by atoms with E-state index >= 15 is 0 Å². The van der Waals surface area contributed by atoms with Crippen LogP contribution in [0.2, 0.25) is 0 Å². The van der Waals surface area contributed by atoms with Gasteiger partial charge in [0.25, 0.3) is 0 Å². The van der Waals surface area contributed by atoms with Crippen LogP contribution in [-0.4, -0.2) is 37.3 Å². The van der Waals surface area contributed by atoms with Crippen molar-refractivity contribution in [3.05, 3.63) is 0 Å². The van der Waals surface area contributed by atoms with Crippen LogP contribution in [0.4, 0.5) is 0 Å². The topological polar surface area (TPSA) is 196 Å². The molecular weight excluding hydrogens is 326 g/mol. The Bertz CT molecular complexity index is 218. The van der Waals surface area contributed by atoms with Crippen LogP contribution in [-0.2, 0) is 9.13 Å². The molecule has 0 unspecified atom stereocenters. The van der Waals surface area contributed by atoms with Gasteiger partial charge in [-0.3, -0.25) is 0 Å². The molecule has 0 fully saturated rings. The van der Waals surface area contributed by atoms with Crippen LogP contribution in [0.15, 0.2) is 0 Å². The Morgan fingerprint density at radius 2 is 1.11 bits per heavy atom. The van der Waals surface area contributed by atoms with E-state index in [0.29, 0.717) is 6.61 Å². The molecule has 0 aromatic rings. The van der Waals surface area contributed by atoms with Gasteiger partial charge < -0.3 is 48.5 Å². The maximum Gasteiger partial charge on any atom is 1.00 e. The summed E-state index contributed by atoms with van der Waals surface area (Å²) in [6.45, 7) is 1.29. The molecule has 0 aliphatic heterocycles. The van der Waals surface area contributed by atoms with Gasteiger partial charge in [0.05, 0.1) is 0 Å². The normalized spacial score (nSPS) is 10.0. The molecule has 1 N–H and O–H groups in total. The van der Waals surface area contributed by atoms with Gasteiger partial charge in [0, 0.05) is 6.61 Å². The summed E-state index contributed by atoms with van der Waals surface area (Å²) in [5.41, 5.74) is 0. The first-order chi connectivity index (χ1) is 7.27. The smallest absolute Gasteiger partial charge is 0.822 e. The van der Waals surface area contributed by atoms with Gasteiger partial charge in [-0.05, 0) is 27.1 Å². The van der Waals surface area contributed by atoms with Crippen LogP contribution < -0.4 is 88.5 Å². The maximum absolute atomic E-state index is 8.55. The fraction of sp³-hybridized carbons (Fsp3) is 1.00. The Hall–Kier alpha value is 2.14. The summed E-state index contributed by atoms with van der Waals surface area (Å²) in [6.07, 6.45) is 0.882. The molecule has 0 heterocycles. The van der Waals surface area contributed by atoms with Gasteiger partial charge in [0.2, 0.25) is 0 Å². The van der Waals surface area contributed by atoms with Crippen LogP contribution in [0.1, 0.15) is 6.42 Å². The molecular formula is C5H13NNa2O9P2-4. The molecule has 0 aliphatic carbocycles. The summed E-state index contributed by atoms with van der Waals surface area (Å²) in [5.74, 6) is 0. The molecule has 0 saturated heterocycles. The van der Waals surface area contributed by atoms with Crippen molar-refractivity contribution >= 4 is 15.6 Å². The van der Waals surface area contributed by atoms with Crippen molar-refractivity contribution < 1.29 is 103 Å². The van der Waals surface area contributed by atoms with E-state index in [-0.39, 0.29) is 59.1 Å². The molecule has 14 heteroatoms. The van der Waals surface area contributed by atoms with E-state index in [1.165, 1.54) is 0 Å². The van der Waals surface area contributed by atoms with Crippen molar-refractivity contribution in [1.29, 1.82) is 0 Å². The zero-order valence-electron chi connectivity index (χ0n) is 11.2. The molecule has 0 bridgehead atoms. The summed E-state index contributed by atoms with van der Waals surface area (Å²) >= 11 is 0. The average Bonchev–Trinajstić information content (AvgIpc) is 1.93. The number of hydrogen-bond acceptors (Lipinski definition) is 10. The van der Waals surface area contributed by atoms with Crippen LogP contribution in [0.25, 0.3) is 0 Å². The van der Waals surface area contributed by atoms with Crippen LogP contribution in [0.3, 0.4) is 0 Å². The van der Waals surface area contributed by atoms with E-state index in [1.807, 2.05) is 14.1 Å². The largest absolute Gasteiger partial charge is 1.00 e. The Kier molecular flexibility index (Phi) is 31.5. The third-order valence-electron chi connectivity index (χ3n) is 0.763. The molecule has 0 aliphatic rings. The summed E-state index contributed by atoms with van der Waals surface area (Å²) in [6, 6.07) is 0. The van der Waals surface area contributed by atoms with Crippen LogP contribution in [0, 0.1) is 0 Å². The number of nitrogens with zero attached hydrogens (tertiary/aromatic N) is 1. The SMILES string of the molecule is CN(C)CCCO.O=P([O-])([O-])[O-].O=P([O-])([O-])[O-].[Na+].[Na+]. The zero-order valence-corrected chi connectivity index (χ0v) is 17.0. The average molecular weight is 339 g/mol.